The summed E-state index contributed by atoms with van der Waals surface area (Å²) in [6.45, 7) is 2.78. The summed E-state index contributed by atoms with van der Waals surface area (Å²) in [7, 11) is 0. The van der Waals surface area contributed by atoms with Gasteiger partial charge in [-0.3, -0.25) is 14.4 Å². The van der Waals surface area contributed by atoms with Crippen LogP contribution in [0.3, 0.4) is 0 Å². The number of ether oxygens (including phenoxy) is 1. The third kappa shape index (κ3) is 3.08. The van der Waals surface area contributed by atoms with Crippen molar-refractivity contribution in [3.05, 3.63) is 64.3 Å². The van der Waals surface area contributed by atoms with Crippen LogP contribution < -0.4 is 10.2 Å². The van der Waals surface area contributed by atoms with Crippen LogP contribution in [-0.2, 0) is 9.59 Å². The molecule has 25 heavy (non-hydrogen) atoms. The molecule has 0 bridgehead atoms. The Hall–Kier alpha value is -3.21. The van der Waals surface area contributed by atoms with Crippen molar-refractivity contribution >= 4 is 33.5 Å². The second-order valence-electron chi connectivity index (χ2n) is 5.89. The van der Waals surface area contributed by atoms with Gasteiger partial charge in [0.25, 0.3) is 0 Å². The number of esters is 1. The van der Waals surface area contributed by atoms with Gasteiger partial charge >= 0.3 is 11.9 Å². The van der Waals surface area contributed by atoms with Crippen LogP contribution in [0.2, 0.25) is 0 Å². The van der Waals surface area contributed by atoms with E-state index in [1.54, 1.807) is 37.3 Å². The van der Waals surface area contributed by atoms with E-state index in [9.17, 15) is 19.5 Å². The molecular weight excluding hydrogens is 320 g/mol. The van der Waals surface area contributed by atoms with Gasteiger partial charge in [0, 0.05) is 12.3 Å². The monoisotopic (exact) mass is 336 g/mol. The van der Waals surface area contributed by atoms with Crippen LogP contribution in [0.25, 0.3) is 21.5 Å². The Morgan fingerprint density at radius 2 is 1.72 bits per heavy atom. The third-order valence-electron chi connectivity index (χ3n) is 4.15. The minimum atomic E-state index is -0.999. The summed E-state index contributed by atoms with van der Waals surface area (Å²) in [5.74, 6) is -2.29. The predicted octanol–water partition coefficient (Wildman–Crippen LogP) is 3.47. The van der Waals surface area contributed by atoms with E-state index in [0.29, 0.717) is 16.3 Å². The van der Waals surface area contributed by atoms with Crippen molar-refractivity contribution in [1.82, 2.24) is 0 Å². The first kappa shape index (κ1) is 16.6. The average molecular weight is 336 g/mol. The molecule has 3 aromatic rings. The number of hydrogen-bond acceptors (Lipinski definition) is 4. The van der Waals surface area contributed by atoms with Gasteiger partial charge in [-0.2, -0.15) is 0 Å². The fourth-order valence-corrected chi connectivity index (χ4v) is 2.82. The second kappa shape index (κ2) is 6.36. The van der Waals surface area contributed by atoms with E-state index < -0.39 is 17.9 Å². The minimum absolute atomic E-state index is 0.0828. The van der Waals surface area contributed by atoms with Gasteiger partial charge in [0.2, 0.25) is 0 Å². The van der Waals surface area contributed by atoms with Crippen molar-refractivity contribution in [2.75, 3.05) is 0 Å². The summed E-state index contributed by atoms with van der Waals surface area (Å²) in [6.07, 6.45) is 0. The zero-order valence-corrected chi connectivity index (χ0v) is 13.8. The quantitative estimate of drug-likeness (QED) is 0.585. The van der Waals surface area contributed by atoms with Crippen LogP contribution >= 0.6 is 0 Å². The Balaban J connectivity index is 2.46. The molecule has 0 amide bonds. The summed E-state index contributed by atoms with van der Waals surface area (Å²) < 4.78 is 5.24. The molecule has 0 saturated carbocycles. The molecular formula is C20H16O5. The molecule has 3 aromatic carbocycles. The molecule has 0 aliphatic rings. The highest BCUT2D eigenvalue weighted by molar-refractivity contribution is 5.98. The lowest BCUT2D eigenvalue weighted by molar-refractivity contribution is -0.138. The van der Waals surface area contributed by atoms with E-state index >= 15 is 0 Å². The van der Waals surface area contributed by atoms with Crippen molar-refractivity contribution in [2.45, 2.75) is 19.8 Å². The van der Waals surface area contributed by atoms with Crippen LogP contribution in [0, 0.1) is 0 Å². The fourth-order valence-electron chi connectivity index (χ4n) is 2.82. The van der Waals surface area contributed by atoms with Crippen molar-refractivity contribution in [3.8, 4) is 5.75 Å². The lowest BCUT2D eigenvalue weighted by atomic mass is 9.98. The molecule has 0 aliphatic carbocycles. The SMILES string of the molecule is CC(=O)Oc1cc(C(C)C(=O)O)cc2ccc3ccccc3c(=O)c12. The van der Waals surface area contributed by atoms with Crippen LogP contribution in [0.5, 0.6) is 5.75 Å². The molecule has 0 spiro atoms. The second-order valence-corrected chi connectivity index (χ2v) is 5.89. The van der Waals surface area contributed by atoms with Crippen LogP contribution in [-0.4, -0.2) is 17.0 Å². The average Bonchev–Trinajstić information content (AvgIpc) is 2.71. The van der Waals surface area contributed by atoms with Crippen molar-refractivity contribution in [3.63, 3.8) is 0 Å². The number of aliphatic carboxylic acids is 1. The Morgan fingerprint density at radius 1 is 1.04 bits per heavy atom. The summed E-state index contributed by atoms with van der Waals surface area (Å²) >= 11 is 0. The maximum Gasteiger partial charge on any atom is 0.310 e. The van der Waals surface area contributed by atoms with Gasteiger partial charge in [0.1, 0.15) is 5.75 Å². The third-order valence-corrected chi connectivity index (χ3v) is 4.15. The molecule has 3 rings (SSSR count). The molecule has 0 fully saturated rings. The molecule has 1 unspecified atom stereocenters. The van der Waals surface area contributed by atoms with Gasteiger partial charge in [-0.15, -0.1) is 0 Å². The Morgan fingerprint density at radius 3 is 2.40 bits per heavy atom. The maximum atomic E-state index is 13.0. The van der Waals surface area contributed by atoms with Gasteiger partial charge in [0.05, 0.1) is 11.3 Å². The minimum Gasteiger partial charge on any atom is -0.481 e. The predicted molar refractivity (Wildman–Crippen MR) is 95.1 cm³/mol. The van der Waals surface area contributed by atoms with Crippen molar-refractivity contribution in [2.24, 2.45) is 0 Å². The molecule has 1 N–H and O–H groups in total. The number of carboxylic acid groups (broad SMARTS) is 1. The molecule has 5 nitrogen and oxygen atoms in total. The highest BCUT2D eigenvalue weighted by atomic mass is 16.5. The van der Waals surface area contributed by atoms with E-state index in [-0.39, 0.29) is 16.6 Å². The number of carbonyl (C=O) groups excluding carboxylic acids is 1. The zero-order valence-electron chi connectivity index (χ0n) is 13.8. The van der Waals surface area contributed by atoms with Gasteiger partial charge in [-0.05, 0) is 35.4 Å². The fraction of sp³-hybridized carbons (Fsp3) is 0.150. The molecule has 0 aromatic heterocycles. The van der Waals surface area contributed by atoms with Crippen LogP contribution in [0.15, 0.2) is 53.3 Å². The van der Waals surface area contributed by atoms with Crippen molar-refractivity contribution in [1.29, 1.82) is 0 Å². The largest absolute Gasteiger partial charge is 0.481 e. The highest BCUT2D eigenvalue weighted by Gasteiger charge is 2.18. The first-order valence-corrected chi connectivity index (χ1v) is 7.79. The Kier molecular flexibility index (Phi) is 4.23. The number of carbonyl (C=O) groups is 2. The van der Waals surface area contributed by atoms with Gasteiger partial charge in [-0.25, -0.2) is 0 Å². The maximum absolute atomic E-state index is 13.0. The van der Waals surface area contributed by atoms with Crippen molar-refractivity contribution < 1.29 is 19.4 Å². The molecule has 1 atom stereocenters. The standard InChI is InChI=1S/C20H16O5/c1-11(20(23)24)15-9-14-8-7-13-5-3-4-6-16(13)19(22)18(14)17(10-15)25-12(2)21/h3-11H,1-2H3,(H,23,24). The highest BCUT2D eigenvalue weighted by Crippen LogP contribution is 2.30. The number of fused-ring (bicyclic) bond motifs is 2. The van der Waals surface area contributed by atoms with E-state index in [4.69, 9.17) is 4.74 Å². The normalized spacial score (nSPS) is 12.1. The molecule has 5 heteroatoms. The summed E-state index contributed by atoms with van der Waals surface area (Å²) in [5.41, 5.74) is 0.201. The van der Waals surface area contributed by atoms with Gasteiger partial charge in [0.15, 0.2) is 5.43 Å². The Bertz CT molecular complexity index is 1070. The first-order valence-electron chi connectivity index (χ1n) is 7.79. The van der Waals surface area contributed by atoms with E-state index in [2.05, 4.69) is 0 Å². The van der Waals surface area contributed by atoms with Gasteiger partial charge in [-0.1, -0.05) is 36.4 Å². The number of rotatable bonds is 3. The molecule has 126 valence electrons. The smallest absolute Gasteiger partial charge is 0.310 e. The van der Waals surface area contributed by atoms with Crippen LogP contribution in [0.1, 0.15) is 25.3 Å². The molecule has 0 radical (unpaired) electrons. The summed E-state index contributed by atoms with van der Waals surface area (Å²) in [6, 6.07) is 13.8. The van der Waals surface area contributed by atoms with E-state index in [1.807, 2.05) is 12.1 Å². The van der Waals surface area contributed by atoms with Crippen LogP contribution in [0.4, 0.5) is 0 Å². The first-order chi connectivity index (χ1) is 11.9. The molecule has 0 heterocycles. The van der Waals surface area contributed by atoms with E-state index in [0.717, 1.165) is 5.39 Å². The number of benzene rings is 2. The van der Waals surface area contributed by atoms with Gasteiger partial charge < -0.3 is 9.84 Å². The molecule has 0 aliphatic heterocycles. The number of hydrogen-bond donors (Lipinski definition) is 1. The van der Waals surface area contributed by atoms with E-state index in [1.165, 1.54) is 13.0 Å². The summed E-state index contributed by atoms with van der Waals surface area (Å²) in [5, 5.41) is 11.3. The number of carboxylic acids is 1. The lowest BCUT2D eigenvalue weighted by Gasteiger charge is -2.11. The zero-order chi connectivity index (χ0) is 18.1. The topological polar surface area (TPSA) is 80.7 Å². The summed E-state index contributed by atoms with van der Waals surface area (Å²) in [4.78, 5) is 35.8. The molecule has 0 saturated heterocycles. The Labute approximate surface area is 143 Å². The lowest BCUT2D eigenvalue weighted by Crippen LogP contribution is -2.10.